The number of likely N-dealkylation sites (N-methyl/N-ethyl adjacent to an activating group) is 2. The molecule has 0 bridgehead atoms. The summed E-state index contributed by atoms with van der Waals surface area (Å²) in [6.07, 6.45) is 0. The Bertz CT molecular complexity index is 432. The normalized spacial score (nSPS) is 10.1. The predicted octanol–water partition coefficient (Wildman–Crippen LogP) is 0.405. The molecule has 106 valence electrons. The van der Waals surface area contributed by atoms with Crippen LogP contribution in [0.25, 0.3) is 0 Å². The Morgan fingerprint density at radius 3 is 2.53 bits per heavy atom. The number of nitrogens with two attached hydrogens (primary N) is 1. The van der Waals surface area contributed by atoms with Crippen LogP contribution in [0.2, 0.25) is 0 Å². The summed E-state index contributed by atoms with van der Waals surface area (Å²) in [5, 5.41) is 2.91. The van der Waals surface area contributed by atoms with E-state index in [-0.39, 0.29) is 18.4 Å². The third-order valence-corrected chi connectivity index (χ3v) is 2.87. The maximum absolute atomic E-state index is 12.0. The van der Waals surface area contributed by atoms with Crippen LogP contribution < -0.4 is 16.0 Å². The number of aromatic nitrogens is 2. The molecule has 1 aromatic heterocycles. The van der Waals surface area contributed by atoms with Crippen LogP contribution in [0.4, 0.5) is 17.6 Å². The molecule has 0 aromatic carbocycles. The molecule has 7 heteroatoms. The largest absolute Gasteiger partial charge is 0.373 e. The maximum Gasteiger partial charge on any atom is 0.242 e. The molecule has 0 aliphatic heterocycles. The number of nitrogens with zero attached hydrogens (tertiary/aromatic N) is 4. The van der Waals surface area contributed by atoms with E-state index >= 15 is 0 Å². The number of amides is 1. The highest BCUT2D eigenvalue weighted by Crippen LogP contribution is 2.15. The summed E-state index contributed by atoms with van der Waals surface area (Å²) in [6.45, 7) is 5.60. The lowest BCUT2D eigenvalue weighted by molar-refractivity contribution is -0.129. The van der Waals surface area contributed by atoms with E-state index in [1.807, 2.05) is 20.9 Å². The number of anilines is 3. The van der Waals surface area contributed by atoms with Crippen LogP contribution in [-0.2, 0) is 4.79 Å². The van der Waals surface area contributed by atoms with Crippen LogP contribution in [-0.4, -0.2) is 54.5 Å². The van der Waals surface area contributed by atoms with E-state index in [1.54, 1.807) is 22.9 Å². The Kier molecular flexibility index (Phi) is 5.35. The molecule has 19 heavy (non-hydrogen) atoms. The quantitative estimate of drug-likeness (QED) is 0.775. The molecule has 0 atom stereocenters. The van der Waals surface area contributed by atoms with Gasteiger partial charge >= 0.3 is 0 Å². The number of carbonyl (C=O) groups excluding carboxylic acids is 1. The molecule has 1 amide bonds. The summed E-state index contributed by atoms with van der Waals surface area (Å²) in [6, 6.07) is 1.76. The van der Waals surface area contributed by atoms with E-state index < -0.39 is 0 Å². The Balaban J connectivity index is 2.80. The van der Waals surface area contributed by atoms with Crippen molar-refractivity contribution >= 4 is 23.5 Å². The third kappa shape index (κ3) is 3.97. The average Bonchev–Trinajstić information content (AvgIpc) is 2.39. The van der Waals surface area contributed by atoms with E-state index in [9.17, 15) is 4.79 Å². The van der Waals surface area contributed by atoms with Gasteiger partial charge in [-0.25, -0.2) is 0 Å². The van der Waals surface area contributed by atoms with Crippen LogP contribution in [0.5, 0.6) is 0 Å². The summed E-state index contributed by atoms with van der Waals surface area (Å²) >= 11 is 0. The van der Waals surface area contributed by atoms with Gasteiger partial charge in [0.05, 0.1) is 6.54 Å². The first-order valence-corrected chi connectivity index (χ1v) is 6.33. The van der Waals surface area contributed by atoms with Crippen molar-refractivity contribution in [2.75, 3.05) is 49.7 Å². The molecule has 3 N–H and O–H groups in total. The lowest BCUT2D eigenvalue weighted by Crippen LogP contribution is -2.39. The third-order valence-electron chi connectivity index (χ3n) is 2.87. The summed E-state index contributed by atoms with van der Waals surface area (Å²) in [5.41, 5.74) is 5.63. The molecule has 0 spiro atoms. The van der Waals surface area contributed by atoms with E-state index in [1.165, 1.54) is 0 Å². The van der Waals surface area contributed by atoms with E-state index in [4.69, 9.17) is 5.73 Å². The molecule has 0 aliphatic carbocycles. The number of nitrogen functional groups attached to an aromatic ring is 1. The minimum atomic E-state index is 0.0655. The van der Waals surface area contributed by atoms with Crippen molar-refractivity contribution in [3.05, 3.63) is 6.07 Å². The minimum absolute atomic E-state index is 0.0655. The highest BCUT2D eigenvalue weighted by molar-refractivity contribution is 5.81. The second kappa shape index (κ2) is 6.77. The first-order valence-electron chi connectivity index (χ1n) is 6.33. The van der Waals surface area contributed by atoms with Gasteiger partial charge in [0, 0.05) is 33.3 Å². The Hall–Kier alpha value is -2.05. The molecule has 0 aliphatic rings. The number of rotatable bonds is 6. The number of hydrogen-bond acceptors (Lipinski definition) is 6. The number of nitrogens with one attached hydrogen (secondary N) is 1. The second-order valence-electron chi connectivity index (χ2n) is 4.14. The van der Waals surface area contributed by atoms with Crippen LogP contribution in [0, 0.1) is 0 Å². The molecule has 0 radical (unpaired) electrons. The standard InChI is InChI=1S/C12H22N6O/c1-5-18(6-2)11(19)8-17(4)10-7-9(14-3)15-12(13)16-10/h7H,5-6,8H2,1-4H3,(H3,13,14,15,16). The van der Waals surface area contributed by atoms with Gasteiger partial charge in [0.15, 0.2) is 0 Å². The van der Waals surface area contributed by atoms with Crippen molar-refractivity contribution in [3.63, 3.8) is 0 Å². The molecule has 0 saturated heterocycles. The van der Waals surface area contributed by atoms with Gasteiger partial charge in [-0.2, -0.15) is 9.97 Å². The molecule has 7 nitrogen and oxygen atoms in total. The lowest BCUT2D eigenvalue weighted by atomic mass is 10.4. The van der Waals surface area contributed by atoms with Gasteiger partial charge in [-0.1, -0.05) is 0 Å². The van der Waals surface area contributed by atoms with Gasteiger partial charge in [0.1, 0.15) is 11.6 Å². The van der Waals surface area contributed by atoms with E-state index in [2.05, 4.69) is 15.3 Å². The summed E-state index contributed by atoms with van der Waals surface area (Å²) in [4.78, 5) is 23.7. The molecule has 0 saturated carbocycles. The fraction of sp³-hybridized carbons (Fsp3) is 0.583. The topological polar surface area (TPSA) is 87.4 Å². The Morgan fingerprint density at radius 2 is 2.00 bits per heavy atom. The monoisotopic (exact) mass is 266 g/mol. The van der Waals surface area contributed by atoms with Crippen molar-refractivity contribution < 1.29 is 4.79 Å². The van der Waals surface area contributed by atoms with Gasteiger partial charge in [-0.3, -0.25) is 4.79 Å². The average molecular weight is 266 g/mol. The van der Waals surface area contributed by atoms with Crippen molar-refractivity contribution in [1.82, 2.24) is 14.9 Å². The first kappa shape index (κ1) is 15.0. The number of hydrogen-bond donors (Lipinski definition) is 2. The van der Waals surface area contributed by atoms with Gasteiger partial charge < -0.3 is 20.9 Å². The smallest absolute Gasteiger partial charge is 0.242 e. The van der Waals surface area contributed by atoms with E-state index in [0.29, 0.717) is 24.7 Å². The summed E-state index contributed by atoms with van der Waals surface area (Å²) in [7, 11) is 3.56. The summed E-state index contributed by atoms with van der Waals surface area (Å²) in [5.74, 6) is 1.50. The maximum atomic E-state index is 12.0. The van der Waals surface area contributed by atoms with Crippen molar-refractivity contribution in [2.24, 2.45) is 0 Å². The van der Waals surface area contributed by atoms with Gasteiger partial charge in [-0.15, -0.1) is 0 Å². The zero-order valence-electron chi connectivity index (χ0n) is 12.0. The lowest BCUT2D eigenvalue weighted by Gasteiger charge is -2.24. The second-order valence-corrected chi connectivity index (χ2v) is 4.14. The van der Waals surface area contributed by atoms with Crippen LogP contribution in [0.3, 0.4) is 0 Å². The highest BCUT2D eigenvalue weighted by atomic mass is 16.2. The van der Waals surface area contributed by atoms with Crippen molar-refractivity contribution in [2.45, 2.75) is 13.8 Å². The Labute approximate surface area is 113 Å². The van der Waals surface area contributed by atoms with E-state index in [0.717, 1.165) is 0 Å². The Morgan fingerprint density at radius 1 is 1.37 bits per heavy atom. The van der Waals surface area contributed by atoms with Crippen molar-refractivity contribution in [3.8, 4) is 0 Å². The van der Waals surface area contributed by atoms with Crippen LogP contribution >= 0.6 is 0 Å². The summed E-state index contributed by atoms with van der Waals surface area (Å²) < 4.78 is 0. The van der Waals surface area contributed by atoms with Crippen molar-refractivity contribution in [1.29, 1.82) is 0 Å². The molecular formula is C12H22N6O. The molecule has 1 aromatic rings. The zero-order valence-corrected chi connectivity index (χ0v) is 12.0. The fourth-order valence-corrected chi connectivity index (χ4v) is 1.74. The molecule has 1 heterocycles. The van der Waals surface area contributed by atoms with Gasteiger partial charge in [-0.05, 0) is 13.8 Å². The van der Waals surface area contributed by atoms with Gasteiger partial charge in [0.25, 0.3) is 0 Å². The van der Waals surface area contributed by atoms with Crippen LogP contribution in [0.15, 0.2) is 6.07 Å². The SMILES string of the molecule is CCN(CC)C(=O)CN(C)c1cc(NC)nc(N)n1. The molecular weight excluding hydrogens is 244 g/mol. The van der Waals surface area contributed by atoms with Crippen LogP contribution in [0.1, 0.15) is 13.8 Å². The van der Waals surface area contributed by atoms with Gasteiger partial charge in [0.2, 0.25) is 11.9 Å². The highest BCUT2D eigenvalue weighted by Gasteiger charge is 2.14. The predicted molar refractivity (Wildman–Crippen MR) is 77.2 cm³/mol. The zero-order chi connectivity index (χ0) is 14.4. The molecule has 0 fully saturated rings. The first-order chi connectivity index (χ1) is 9.01. The minimum Gasteiger partial charge on any atom is -0.373 e. The number of carbonyl (C=O) groups is 1. The fourth-order valence-electron chi connectivity index (χ4n) is 1.74. The molecule has 1 rings (SSSR count). The molecule has 0 unspecified atom stereocenters.